The van der Waals surface area contributed by atoms with Crippen LogP contribution in [0.4, 0.5) is 0 Å². The molecule has 0 saturated carbocycles. The SMILES string of the molecule is C=C(C)CCC(C)CCC(=O)Cc1cc2ccccc2cn1. The molecule has 1 unspecified atom stereocenters. The summed E-state index contributed by atoms with van der Waals surface area (Å²) in [6.45, 7) is 8.20. The molecule has 0 bridgehead atoms. The lowest BCUT2D eigenvalue weighted by Crippen LogP contribution is -2.07. The Morgan fingerprint density at radius 3 is 2.59 bits per heavy atom. The van der Waals surface area contributed by atoms with Gasteiger partial charge in [0.2, 0.25) is 0 Å². The first-order valence-electron chi connectivity index (χ1n) is 8.04. The molecule has 0 aliphatic carbocycles. The van der Waals surface area contributed by atoms with Crippen molar-refractivity contribution in [2.45, 2.75) is 46.0 Å². The minimum Gasteiger partial charge on any atom is -0.299 e. The van der Waals surface area contributed by atoms with Crippen LogP contribution in [0.3, 0.4) is 0 Å². The first-order chi connectivity index (χ1) is 10.5. The lowest BCUT2D eigenvalue weighted by Gasteiger charge is -2.10. The summed E-state index contributed by atoms with van der Waals surface area (Å²) in [5.74, 6) is 0.857. The summed E-state index contributed by atoms with van der Waals surface area (Å²) < 4.78 is 0. The average Bonchev–Trinajstić information content (AvgIpc) is 2.50. The van der Waals surface area contributed by atoms with Crippen LogP contribution < -0.4 is 0 Å². The Balaban J connectivity index is 1.84. The van der Waals surface area contributed by atoms with Gasteiger partial charge in [0.15, 0.2) is 0 Å². The Hall–Kier alpha value is -1.96. The van der Waals surface area contributed by atoms with Gasteiger partial charge in [-0.25, -0.2) is 0 Å². The fourth-order valence-corrected chi connectivity index (χ4v) is 2.56. The molecule has 1 aromatic carbocycles. The Bertz CT molecular complexity index is 660. The zero-order valence-electron chi connectivity index (χ0n) is 13.6. The summed E-state index contributed by atoms with van der Waals surface area (Å²) in [6, 6.07) is 10.1. The van der Waals surface area contributed by atoms with Gasteiger partial charge in [0.05, 0.1) is 0 Å². The van der Waals surface area contributed by atoms with Crippen molar-refractivity contribution in [1.82, 2.24) is 4.98 Å². The maximum Gasteiger partial charge on any atom is 0.138 e. The second-order valence-electron chi connectivity index (χ2n) is 6.38. The van der Waals surface area contributed by atoms with Crippen molar-refractivity contribution in [3.8, 4) is 0 Å². The number of hydrogen-bond donors (Lipinski definition) is 0. The summed E-state index contributed by atoms with van der Waals surface area (Å²) in [4.78, 5) is 16.5. The van der Waals surface area contributed by atoms with Crippen molar-refractivity contribution in [3.63, 3.8) is 0 Å². The topological polar surface area (TPSA) is 30.0 Å². The van der Waals surface area contributed by atoms with E-state index in [9.17, 15) is 4.79 Å². The van der Waals surface area contributed by atoms with Gasteiger partial charge in [0.1, 0.15) is 5.78 Å². The van der Waals surface area contributed by atoms with Crippen molar-refractivity contribution < 1.29 is 4.79 Å². The molecule has 0 radical (unpaired) electrons. The third kappa shape index (κ3) is 5.10. The smallest absolute Gasteiger partial charge is 0.138 e. The second-order valence-corrected chi connectivity index (χ2v) is 6.38. The minimum atomic E-state index is 0.282. The van der Waals surface area contributed by atoms with Gasteiger partial charge in [-0.05, 0) is 43.6 Å². The lowest BCUT2D eigenvalue weighted by atomic mass is 9.95. The van der Waals surface area contributed by atoms with E-state index < -0.39 is 0 Å². The molecule has 2 rings (SSSR count). The molecule has 0 saturated heterocycles. The van der Waals surface area contributed by atoms with Crippen LogP contribution in [0.25, 0.3) is 10.8 Å². The van der Waals surface area contributed by atoms with E-state index >= 15 is 0 Å². The number of carbonyl (C=O) groups is 1. The van der Waals surface area contributed by atoms with E-state index in [0.29, 0.717) is 18.8 Å². The van der Waals surface area contributed by atoms with Gasteiger partial charge in [-0.15, -0.1) is 6.58 Å². The summed E-state index contributed by atoms with van der Waals surface area (Å²) in [5, 5.41) is 2.27. The van der Waals surface area contributed by atoms with Gasteiger partial charge in [0.25, 0.3) is 0 Å². The monoisotopic (exact) mass is 295 g/mol. The van der Waals surface area contributed by atoms with Crippen LogP contribution in [-0.2, 0) is 11.2 Å². The van der Waals surface area contributed by atoms with Crippen molar-refractivity contribution in [2.75, 3.05) is 0 Å². The minimum absolute atomic E-state index is 0.282. The third-order valence-corrected chi connectivity index (χ3v) is 4.05. The van der Waals surface area contributed by atoms with E-state index in [4.69, 9.17) is 0 Å². The van der Waals surface area contributed by atoms with Gasteiger partial charge in [-0.1, -0.05) is 36.8 Å². The number of aromatic nitrogens is 1. The molecule has 1 heterocycles. The van der Waals surface area contributed by atoms with E-state index in [0.717, 1.165) is 35.7 Å². The summed E-state index contributed by atoms with van der Waals surface area (Å²) in [7, 11) is 0. The fourth-order valence-electron chi connectivity index (χ4n) is 2.56. The zero-order valence-corrected chi connectivity index (χ0v) is 13.6. The molecule has 0 amide bonds. The van der Waals surface area contributed by atoms with E-state index in [1.165, 1.54) is 5.57 Å². The molecule has 0 N–H and O–H groups in total. The molecule has 0 fully saturated rings. The van der Waals surface area contributed by atoms with E-state index in [1.54, 1.807) is 0 Å². The van der Waals surface area contributed by atoms with Gasteiger partial charge in [-0.2, -0.15) is 0 Å². The van der Waals surface area contributed by atoms with Crippen molar-refractivity contribution in [3.05, 3.63) is 54.4 Å². The normalized spacial score (nSPS) is 12.3. The molecule has 2 nitrogen and oxygen atoms in total. The van der Waals surface area contributed by atoms with E-state index in [-0.39, 0.29) is 5.78 Å². The van der Waals surface area contributed by atoms with Crippen LogP contribution in [0.5, 0.6) is 0 Å². The number of ketones is 1. The van der Waals surface area contributed by atoms with Crippen molar-refractivity contribution >= 4 is 16.6 Å². The van der Waals surface area contributed by atoms with Crippen LogP contribution in [-0.4, -0.2) is 10.8 Å². The summed E-state index contributed by atoms with van der Waals surface area (Å²) in [5.41, 5.74) is 2.09. The number of hydrogen-bond acceptors (Lipinski definition) is 2. The van der Waals surface area contributed by atoms with Crippen LogP contribution >= 0.6 is 0 Å². The van der Waals surface area contributed by atoms with Crippen LogP contribution in [0.2, 0.25) is 0 Å². The molecular formula is C20H25NO. The molecule has 0 spiro atoms. The predicted molar refractivity (Wildman–Crippen MR) is 92.9 cm³/mol. The fraction of sp³-hybridized carbons (Fsp3) is 0.400. The van der Waals surface area contributed by atoms with E-state index in [2.05, 4.69) is 31.5 Å². The lowest BCUT2D eigenvalue weighted by molar-refractivity contribution is -0.118. The van der Waals surface area contributed by atoms with Crippen LogP contribution in [0.15, 0.2) is 48.7 Å². The molecule has 22 heavy (non-hydrogen) atoms. The zero-order chi connectivity index (χ0) is 15.9. The summed E-state index contributed by atoms with van der Waals surface area (Å²) in [6.07, 6.45) is 6.08. The molecule has 1 atom stereocenters. The number of nitrogens with zero attached hydrogens (tertiary/aromatic N) is 1. The molecule has 1 aromatic heterocycles. The second kappa shape index (κ2) is 7.88. The van der Waals surface area contributed by atoms with Gasteiger partial charge in [-0.3, -0.25) is 9.78 Å². The molecule has 116 valence electrons. The number of carbonyl (C=O) groups excluding carboxylic acids is 1. The molecule has 0 aliphatic rings. The third-order valence-electron chi connectivity index (χ3n) is 4.05. The number of fused-ring (bicyclic) bond motifs is 1. The van der Waals surface area contributed by atoms with Gasteiger partial charge in [0, 0.05) is 30.1 Å². The largest absolute Gasteiger partial charge is 0.299 e. The first-order valence-corrected chi connectivity index (χ1v) is 8.04. The van der Waals surface area contributed by atoms with Gasteiger partial charge < -0.3 is 0 Å². The standard InChI is InChI=1S/C20H25NO/c1-15(2)8-9-16(3)10-11-20(22)13-19-12-17-6-4-5-7-18(17)14-21-19/h4-7,12,14,16H,1,8-11,13H2,2-3H3. The number of rotatable bonds is 8. The average molecular weight is 295 g/mol. The molecular weight excluding hydrogens is 270 g/mol. The highest BCUT2D eigenvalue weighted by atomic mass is 16.1. The quantitative estimate of drug-likeness (QED) is 0.633. The highest BCUT2D eigenvalue weighted by Crippen LogP contribution is 2.17. The maximum absolute atomic E-state index is 12.1. The number of allylic oxidation sites excluding steroid dienone is 1. The first kappa shape index (κ1) is 16.4. The van der Waals surface area contributed by atoms with Crippen molar-refractivity contribution in [2.24, 2.45) is 5.92 Å². The Labute approximate surface area is 133 Å². The van der Waals surface area contributed by atoms with E-state index in [1.807, 2.05) is 30.5 Å². The molecule has 2 heteroatoms. The highest BCUT2D eigenvalue weighted by Gasteiger charge is 2.09. The Kier molecular flexibility index (Phi) is 5.88. The van der Waals surface area contributed by atoms with Crippen LogP contribution in [0.1, 0.15) is 45.2 Å². The van der Waals surface area contributed by atoms with Crippen LogP contribution in [0, 0.1) is 5.92 Å². The number of benzene rings is 1. The molecule has 2 aromatic rings. The van der Waals surface area contributed by atoms with Gasteiger partial charge >= 0.3 is 0 Å². The number of pyridine rings is 1. The van der Waals surface area contributed by atoms with Crippen molar-refractivity contribution in [1.29, 1.82) is 0 Å². The highest BCUT2D eigenvalue weighted by molar-refractivity contribution is 5.84. The summed E-state index contributed by atoms with van der Waals surface area (Å²) >= 11 is 0. The predicted octanol–water partition coefficient (Wildman–Crippen LogP) is 5.12. The Morgan fingerprint density at radius 1 is 1.18 bits per heavy atom. The maximum atomic E-state index is 12.1. The Morgan fingerprint density at radius 2 is 1.86 bits per heavy atom. The number of Topliss-reactive ketones (excluding diaryl/α,β-unsaturated/α-hetero) is 1. The molecule has 0 aliphatic heterocycles.